The Morgan fingerprint density at radius 2 is 1.76 bits per heavy atom. The molecule has 4 rings (SSSR count). The van der Waals surface area contributed by atoms with Gasteiger partial charge in [0, 0.05) is 32.0 Å². The summed E-state index contributed by atoms with van der Waals surface area (Å²) >= 11 is 0. The SMILES string of the molecule is CCOC(=O)C(C)(C(=O)N1CCC2(CC1)CC(=O)NC[C@H]2c1ccc(F)cc1)c1ccccc1. The molecule has 0 aliphatic carbocycles. The van der Waals surface area contributed by atoms with Crippen LogP contribution in [0.25, 0.3) is 0 Å². The molecule has 2 fully saturated rings. The number of rotatable bonds is 5. The van der Waals surface area contributed by atoms with Gasteiger partial charge in [0.15, 0.2) is 5.41 Å². The van der Waals surface area contributed by atoms with Gasteiger partial charge in [-0.1, -0.05) is 42.5 Å². The molecule has 2 aliphatic rings. The number of halogens is 1. The number of hydrogen-bond donors (Lipinski definition) is 1. The number of benzene rings is 2. The van der Waals surface area contributed by atoms with Crippen molar-refractivity contribution < 1.29 is 23.5 Å². The molecule has 180 valence electrons. The summed E-state index contributed by atoms with van der Waals surface area (Å²) in [6.45, 7) is 4.90. The molecule has 2 aromatic carbocycles. The van der Waals surface area contributed by atoms with Crippen LogP contribution in [0, 0.1) is 11.2 Å². The molecule has 34 heavy (non-hydrogen) atoms. The minimum atomic E-state index is -1.44. The molecule has 2 aliphatic heterocycles. The third-order valence-corrected chi connectivity index (χ3v) is 7.54. The van der Waals surface area contributed by atoms with E-state index in [4.69, 9.17) is 4.74 Å². The fourth-order valence-corrected chi connectivity index (χ4v) is 5.48. The van der Waals surface area contributed by atoms with Gasteiger partial charge >= 0.3 is 5.97 Å². The zero-order chi connectivity index (χ0) is 24.3. The molecular formula is C27H31FN2O4. The van der Waals surface area contributed by atoms with Gasteiger partial charge < -0.3 is 15.0 Å². The molecule has 2 atom stereocenters. The molecule has 2 amide bonds. The van der Waals surface area contributed by atoms with E-state index >= 15 is 0 Å². The third-order valence-electron chi connectivity index (χ3n) is 7.54. The van der Waals surface area contributed by atoms with Crippen LogP contribution in [0.15, 0.2) is 54.6 Å². The van der Waals surface area contributed by atoms with Crippen molar-refractivity contribution in [3.05, 3.63) is 71.5 Å². The van der Waals surface area contributed by atoms with Crippen molar-refractivity contribution in [1.82, 2.24) is 10.2 Å². The van der Waals surface area contributed by atoms with Crippen LogP contribution < -0.4 is 5.32 Å². The third kappa shape index (κ3) is 4.31. The summed E-state index contributed by atoms with van der Waals surface area (Å²) < 4.78 is 18.8. The topological polar surface area (TPSA) is 75.7 Å². The predicted molar refractivity (Wildman–Crippen MR) is 125 cm³/mol. The lowest BCUT2D eigenvalue weighted by molar-refractivity contribution is -0.158. The maximum Gasteiger partial charge on any atom is 0.325 e. The van der Waals surface area contributed by atoms with Crippen molar-refractivity contribution in [2.24, 2.45) is 5.41 Å². The van der Waals surface area contributed by atoms with Gasteiger partial charge in [-0.15, -0.1) is 0 Å². The first-order chi connectivity index (χ1) is 16.3. The van der Waals surface area contributed by atoms with Crippen LogP contribution in [0.3, 0.4) is 0 Å². The van der Waals surface area contributed by atoms with E-state index < -0.39 is 11.4 Å². The molecule has 0 bridgehead atoms. The lowest BCUT2D eigenvalue weighted by Crippen LogP contribution is -2.57. The summed E-state index contributed by atoms with van der Waals surface area (Å²) in [6, 6.07) is 15.5. The molecule has 6 nitrogen and oxygen atoms in total. The van der Waals surface area contributed by atoms with E-state index in [1.807, 2.05) is 6.07 Å². The van der Waals surface area contributed by atoms with E-state index in [0.29, 0.717) is 44.5 Å². The van der Waals surface area contributed by atoms with Gasteiger partial charge in [0.25, 0.3) is 0 Å². The Bertz CT molecular complexity index is 1050. The first-order valence-electron chi connectivity index (χ1n) is 11.8. The smallest absolute Gasteiger partial charge is 0.325 e. The summed E-state index contributed by atoms with van der Waals surface area (Å²) in [7, 11) is 0. The zero-order valence-corrected chi connectivity index (χ0v) is 19.7. The van der Waals surface area contributed by atoms with Gasteiger partial charge in [-0.25, -0.2) is 4.39 Å². The second-order valence-electron chi connectivity index (χ2n) is 9.45. The highest BCUT2D eigenvalue weighted by atomic mass is 19.1. The summed E-state index contributed by atoms with van der Waals surface area (Å²) in [6.07, 6.45) is 1.62. The van der Waals surface area contributed by atoms with Crippen molar-refractivity contribution in [2.75, 3.05) is 26.2 Å². The van der Waals surface area contributed by atoms with Crippen LogP contribution in [0.2, 0.25) is 0 Å². The van der Waals surface area contributed by atoms with E-state index in [-0.39, 0.29) is 35.6 Å². The molecule has 0 aromatic heterocycles. The second-order valence-corrected chi connectivity index (χ2v) is 9.45. The number of ether oxygens (including phenoxy) is 1. The van der Waals surface area contributed by atoms with Gasteiger partial charge in [-0.2, -0.15) is 0 Å². The number of amides is 2. The number of likely N-dealkylation sites (tertiary alicyclic amines) is 1. The Labute approximate surface area is 199 Å². The van der Waals surface area contributed by atoms with Gasteiger partial charge in [-0.3, -0.25) is 14.4 Å². The maximum atomic E-state index is 13.8. The van der Waals surface area contributed by atoms with Gasteiger partial charge in [0.05, 0.1) is 6.61 Å². The number of carbonyl (C=O) groups excluding carboxylic acids is 3. The van der Waals surface area contributed by atoms with Crippen molar-refractivity contribution in [2.45, 2.75) is 44.4 Å². The van der Waals surface area contributed by atoms with E-state index in [9.17, 15) is 18.8 Å². The normalized spacial score (nSPS) is 21.4. The largest absolute Gasteiger partial charge is 0.465 e. The number of piperidine rings is 2. The van der Waals surface area contributed by atoms with Crippen molar-refractivity contribution >= 4 is 17.8 Å². The average molecular weight is 467 g/mol. The number of esters is 1. The van der Waals surface area contributed by atoms with E-state index in [2.05, 4.69) is 5.32 Å². The van der Waals surface area contributed by atoms with Crippen LogP contribution in [0.5, 0.6) is 0 Å². The van der Waals surface area contributed by atoms with Crippen molar-refractivity contribution in [1.29, 1.82) is 0 Å². The number of carbonyl (C=O) groups is 3. The molecular weight excluding hydrogens is 435 g/mol. The summed E-state index contributed by atoms with van der Waals surface area (Å²) in [5, 5.41) is 2.95. The van der Waals surface area contributed by atoms with Gasteiger partial charge in [-0.05, 0) is 55.4 Å². The lowest BCUT2D eigenvalue weighted by atomic mass is 9.62. The molecule has 2 saturated heterocycles. The number of nitrogens with one attached hydrogen (secondary N) is 1. The molecule has 0 radical (unpaired) electrons. The van der Waals surface area contributed by atoms with E-state index in [1.54, 1.807) is 55.1 Å². The molecule has 0 saturated carbocycles. The minimum Gasteiger partial charge on any atom is -0.465 e. The standard InChI is InChI=1S/C27H31FN2O4/c1-3-34-25(33)26(2,20-7-5-4-6-8-20)24(32)30-15-13-27(14-16-30)17-23(31)29-18-22(27)19-9-11-21(28)12-10-19/h4-12,22H,3,13-18H2,1-2H3,(H,29,31)/t22-,26?/m0/s1. The van der Waals surface area contributed by atoms with E-state index in [1.165, 1.54) is 12.1 Å². The van der Waals surface area contributed by atoms with Crippen LogP contribution in [0.1, 0.15) is 50.2 Å². The van der Waals surface area contributed by atoms with Crippen LogP contribution in [-0.4, -0.2) is 48.9 Å². The molecule has 1 spiro atoms. The van der Waals surface area contributed by atoms with E-state index in [0.717, 1.165) is 5.56 Å². The Morgan fingerprint density at radius 3 is 2.38 bits per heavy atom. The van der Waals surface area contributed by atoms with Crippen molar-refractivity contribution in [3.63, 3.8) is 0 Å². The molecule has 2 heterocycles. The molecule has 7 heteroatoms. The monoisotopic (exact) mass is 466 g/mol. The predicted octanol–water partition coefficient (Wildman–Crippen LogP) is 3.56. The first-order valence-corrected chi connectivity index (χ1v) is 11.8. The Morgan fingerprint density at radius 1 is 1.12 bits per heavy atom. The summed E-state index contributed by atoms with van der Waals surface area (Å²) in [5.74, 6) is -1.11. The lowest BCUT2D eigenvalue weighted by Gasteiger charge is -2.49. The highest BCUT2D eigenvalue weighted by Gasteiger charge is 2.51. The van der Waals surface area contributed by atoms with Crippen LogP contribution in [0.4, 0.5) is 4.39 Å². The summed E-state index contributed by atoms with van der Waals surface area (Å²) in [5.41, 5.74) is -0.173. The Kier molecular flexibility index (Phi) is 6.73. The summed E-state index contributed by atoms with van der Waals surface area (Å²) in [4.78, 5) is 40.9. The Hall–Kier alpha value is -3.22. The fraction of sp³-hybridized carbons (Fsp3) is 0.444. The molecule has 1 unspecified atom stereocenters. The highest BCUT2D eigenvalue weighted by molar-refractivity contribution is 6.08. The fourth-order valence-electron chi connectivity index (χ4n) is 5.48. The number of nitrogens with zero attached hydrogens (tertiary/aromatic N) is 1. The Balaban J connectivity index is 1.58. The zero-order valence-electron chi connectivity index (χ0n) is 19.7. The molecule has 1 N–H and O–H groups in total. The highest BCUT2D eigenvalue weighted by Crippen LogP contribution is 2.49. The first kappa shape index (κ1) is 23.9. The quantitative estimate of drug-likeness (QED) is 0.540. The maximum absolute atomic E-state index is 13.8. The second kappa shape index (κ2) is 9.57. The average Bonchev–Trinajstić information content (AvgIpc) is 2.85. The van der Waals surface area contributed by atoms with Crippen LogP contribution >= 0.6 is 0 Å². The van der Waals surface area contributed by atoms with Gasteiger partial charge in [0.1, 0.15) is 5.82 Å². The minimum absolute atomic E-state index is 0.00112. The molecule has 2 aromatic rings. The van der Waals surface area contributed by atoms with Crippen LogP contribution in [-0.2, 0) is 24.5 Å². The number of hydrogen-bond acceptors (Lipinski definition) is 4. The van der Waals surface area contributed by atoms with Gasteiger partial charge in [0.2, 0.25) is 11.8 Å². The van der Waals surface area contributed by atoms with Crippen molar-refractivity contribution in [3.8, 4) is 0 Å².